The molecule has 0 radical (unpaired) electrons. The molecule has 4 rings (SSSR count). The highest BCUT2D eigenvalue weighted by Gasteiger charge is 2.24. The average Bonchev–Trinajstić information content (AvgIpc) is 3.17. The van der Waals surface area contributed by atoms with E-state index in [2.05, 4.69) is 25.6 Å². The molecule has 1 amide bonds. The second-order valence-electron chi connectivity index (χ2n) is 5.21. The maximum atomic E-state index is 12.4. The Kier molecular flexibility index (Phi) is 2.78. The number of amides is 1. The predicted octanol–water partition coefficient (Wildman–Crippen LogP) is 1.49. The van der Waals surface area contributed by atoms with Crippen molar-refractivity contribution in [3.63, 3.8) is 0 Å². The summed E-state index contributed by atoms with van der Waals surface area (Å²) in [5.74, 6) is -0.147. The Morgan fingerprint density at radius 2 is 2.43 bits per heavy atom. The smallest absolute Gasteiger partial charge is 0.272 e. The lowest BCUT2D eigenvalue weighted by molar-refractivity contribution is 0.0933. The van der Waals surface area contributed by atoms with Crippen molar-refractivity contribution in [3.8, 4) is 0 Å². The molecule has 0 fully saturated rings. The summed E-state index contributed by atoms with van der Waals surface area (Å²) in [5.41, 5.74) is 5.22. The molecule has 3 aromatic heterocycles. The molecular weight excluding hydrogens is 288 g/mol. The first-order valence-electron chi connectivity index (χ1n) is 6.88. The third kappa shape index (κ3) is 2.02. The van der Waals surface area contributed by atoms with Crippen LogP contribution in [0.3, 0.4) is 0 Å². The van der Waals surface area contributed by atoms with Crippen LogP contribution in [0.4, 0.5) is 0 Å². The molecule has 0 aliphatic heterocycles. The van der Waals surface area contributed by atoms with E-state index in [4.69, 9.17) is 0 Å². The van der Waals surface area contributed by atoms with Crippen LogP contribution in [0.1, 0.15) is 46.8 Å². The molecule has 1 atom stereocenters. The van der Waals surface area contributed by atoms with Crippen molar-refractivity contribution < 1.29 is 4.79 Å². The van der Waals surface area contributed by atoms with Crippen molar-refractivity contribution in [3.05, 3.63) is 34.4 Å². The third-order valence-electron chi connectivity index (χ3n) is 3.82. The number of nitrogens with one attached hydrogen (secondary N) is 2. The number of rotatable bonds is 3. The molecule has 2 N–H and O–H groups in total. The molecule has 0 bridgehead atoms. The van der Waals surface area contributed by atoms with Gasteiger partial charge in [0.05, 0.1) is 17.9 Å². The molecule has 1 aliphatic rings. The molecule has 8 heteroatoms. The maximum absolute atomic E-state index is 12.4. The minimum absolute atomic E-state index is 0.147. The number of carbonyl (C=O) groups is 1. The summed E-state index contributed by atoms with van der Waals surface area (Å²) >= 11 is 1.47. The number of aromatic amines is 1. The fourth-order valence-electron chi connectivity index (χ4n) is 2.71. The highest BCUT2D eigenvalue weighted by molar-refractivity contribution is 7.14. The van der Waals surface area contributed by atoms with E-state index < -0.39 is 0 Å². The van der Waals surface area contributed by atoms with E-state index in [1.807, 2.05) is 13.1 Å². The van der Waals surface area contributed by atoms with E-state index in [1.54, 1.807) is 10.0 Å². The molecule has 3 heterocycles. The van der Waals surface area contributed by atoms with Crippen molar-refractivity contribution in [2.24, 2.45) is 0 Å². The second-order valence-corrected chi connectivity index (χ2v) is 6.02. The van der Waals surface area contributed by atoms with Gasteiger partial charge in [0.25, 0.3) is 5.91 Å². The predicted molar refractivity (Wildman–Crippen MR) is 77.4 cm³/mol. The summed E-state index contributed by atoms with van der Waals surface area (Å²) in [7, 11) is 0. The Bertz CT molecular complexity index is 787. The van der Waals surface area contributed by atoms with Crippen LogP contribution in [0.15, 0.2) is 11.7 Å². The van der Waals surface area contributed by atoms with E-state index in [0.717, 1.165) is 41.2 Å². The second kappa shape index (κ2) is 4.66. The van der Waals surface area contributed by atoms with Gasteiger partial charge in [0, 0.05) is 11.3 Å². The quantitative estimate of drug-likeness (QED) is 0.767. The van der Waals surface area contributed by atoms with E-state index in [9.17, 15) is 4.79 Å². The van der Waals surface area contributed by atoms with E-state index in [0.29, 0.717) is 5.69 Å². The number of hydrogen-bond acceptors (Lipinski definition) is 5. The largest absolute Gasteiger partial charge is 0.342 e. The molecule has 0 unspecified atom stereocenters. The molecule has 0 saturated heterocycles. The van der Waals surface area contributed by atoms with Crippen LogP contribution >= 0.6 is 11.3 Å². The zero-order valence-electron chi connectivity index (χ0n) is 11.5. The summed E-state index contributed by atoms with van der Waals surface area (Å²) in [5, 5.41) is 14.2. The van der Waals surface area contributed by atoms with Crippen LogP contribution in [0.5, 0.6) is 0 Å². The molecular formula is C13H14N6OS. The summed E-state index contributed by atoms with van der Waals surface area (Å²) in [6.45, 7) is 1.91. The topological polar surface area (TPSA) is 88.0 Å². The average molecular weight is 302 g/mol. The van der Waals surface area contributed by atoms with E-state index in [1.165, 1.54) is 11.3 Å². The number of nitrogens with zero attached hydrogens (tertiary/aromatic N) is 4. The van der Waals surface area contributed by atoms with Crippen LogP contribution in [-0.2, 0) is 12.8 Å². The molecule has 0 aromatic carbocycles. The Morgan fingerprint density at radius 1 is 1.52 bits per heavy atom. The van der Waals surface area contributed by atoms with Crippen LogP contribution in [0.2, 0.25) is 0 Å². The fourth-order valence-corrected chi connectivity index (χ4v) is 3.32. The lowest BCUT2D eigenvalue weighted by Crippen LogP contribution is -2.28. The molecule has 108 valence electrons. The standard InChI is InChI=1S/C13H14N6OS/c1-7(10-5-19-13(16-10)21-6-14-19)15-12(20)11-8-3-2-4-9(8)17-18-11/h5-7H,2-4H2,1H3,(H,15,20)(H,17,18)/t7-/m1/s1. The monoisotopic (exact) mass is 302 g/mol. The van der Waals surface area contributed by atoms with Gasteiger partial charge in [-0.15, -0.1) is 0 Å². The van der Waals surface area contributed by atoms with Gasteiger partial charge in [0.1, 0.15) is 5.51 Å². The number of fused-ring (bicyclic) bond motifs is 2. The Balaban J connectivity index is 1.54. The molecule has 21 heavy (non-hydrogen) atoms. The van der Waals surface area contributed by atoms with Crippen molar-refractivity contribution in [2.45, 2.75) is 32.2 Å². The van der Waals surface area contributed by atoms with E-state index in [-0.39, 0.29) is 11.9 Å². The van der Waals surface area contributed by atoms with Gasteiger partial charge >= 0.3 is 0 Å². The Hall–Kier alpha value is -2.22. The van der Waals surface area contributed by atoms with Crippen LogP contribution < -0.4 is 5.32 Å². The maximum Gasteiger partial charge on any atom is 0.272 e. The first-order chi connectivity index (χ1) is 10.2. The van der Waals surface area contributed by atoms with Crippen LogP contribution in [0.25, 0.3) is 4.96 Å². The van der Waals surface area contributed by atoms with Gasteiger partial charge in [-0.2, -0.15) is 10.2 Å². The minimum Gasteiger partial charge on any atom is -0.342 e. The first-order valence-corrected chi connectivity index (χ1v) is 7.76. The van der Waals surface area contributed by atoms with Gasteiger partial charge in [0.15, 0.2) is 5.69 Å². The van der Waals surface area contributed by atoms with Crippen LogP contribution in [-0.4, -0.2) is 30.7 Å². The molecule has 3 aromatic rings. The Labute approximate surface area is 124 Å². The highest BCUT2D eigenvalue weighted by atomic mass is 32.1. The Morgan fingerprint density at radius 3 is 3.29 bits per heavy atom. The summed E-state index contributed by atoms with van der Waals surface area (Å²) in [4.78, 5) is 17.6. The number of aryl methyl sites for hydroxylation is 1. The van der Waals surface area contributed by atoms with Gasteiger partial charge in [-0.25, -0.2) is 9.50 Å². The normalized spacial score (nSPS) is 15.3. The van der Waals surface area contributed by atoms with Gasteiger partial charge in [-0.1, -0.05) is 11.3 Å². The molecule has 1 aliphatic carbocycles. The van der Waals surface area contributed by atoms with Gasteiger partial charge in [0.2, 0.25) is 4.96 Å². The van der Waals surface area contributed by atoms with Crippen molar-refractivity contribution in [1.82, 2.24) is 30.1 Å². The summed E-state index contributed by atoms with van der Waals surface area (Å²) in [6, 6.07) is -0.180. The molecule has 0 spiro atoms. The molecule has 7 nitrogen and oxygen atoms in total. The van der Waals surface area contributed by atoms with Crippen molar-refractivity contribution >= 4 is 22.2 Å². The van der Waals surface area contributed by atoms with Crippen molar-refractivity contribution in [1.29, 1.82) is 0 Å². The number of aromatic nitrogens is 5. The lowest BCUT2D eigenvalue weighted by Gasteiger charge is -2.10. The third-order valence-corrected chi connectivity index (χ3v) is 4.51. The van der Waals surface area contributed by atoms with Gasteiger partial charge in [-0.05, 0) is 26.2 Å². The number of hydrogen-bond donors (Lipinski definition) is 2. The highest BCUT2D eigenvalue weighted by Crippen LogP contribution is 2.23. The van der Waals surface area contributed by atoms with E-state index >= 15 is 0 Å². The fraction of sp³-hybridized carbons (Fsp3) is 0.385. The zero-order chi connectivity index (χ0) is 14.4. The lowest BCUT2D eigenvalue weighted by atomic mass is 10.1. The number of imidazole rings is 1. The number of H-pyrrole nitrogens is 1. The molecule has 0 saturated carbocycles. The minimum atomic E-state index is -0.180. The van der Waals surface area contributed by atoms with Gasteiger partial charge in [-0.3, -0.25) is 9.89 Å². The summed E-state index contributed by atoms with van der Waals surface area (Å²) < 4.78 is 1.72. The SMILES string of the molecule is C[C@@H](NC(=O)c1n[nH]c2c1CCC2)c1cn2ncsc2n1. The zero-order valence-corrected chi connectivity index (χ0v) is 12.3. The van der Waals surface area contributed by atoms with Crippen molar-refractivity contribution in [2.75, 3.05) is 0 Å². The van der Waals surface area contributed by atoms with Gasteiger partial charge < -0.3 is 5.32 Å². The number of carbonyl (C=O) groups excluding carboxylic acids is 1. The van der Waals surface area contributed by atoms with Crippen LogP contribution in [0, 0.1) is 0 Å². The summed E-state index contributed by atoms with van der Waals surface area (Å²) in [6.07, 6.45) is 4.83. The first kappa shape index (κ1) is 12.5.